The van der Waals surface area contributed by atoms with Crippen molar-refractivity contribution in [2.45, 2.75) is 11.6 Å². The summed E-state index contributed by atoms with van der Waals surface area (Å²) >= 11 is 1.70. The maximum atomic E-state index is 13.8. The third-order valence-electron chi connectivity index (χ3n) is 4.69. The molecule has 0 amide bonds. The summed E-state index contributed by atoms with van der Waals surface area (Å²) in [6.45, 7) is 2.20. The molecule has 0 bridgehead atoms. The predicted molar refractivity (Wildman–Crippen MR) is 110 cm³/mol. The van der Waals surface area contributed by atoms with Gasteiger partial charge in [-0.25, -0.2) is 4.39 Å². The Morgan fingerprint density at radius 1 is 1.07 bits per heavy atom. The summed E-state index contributed by atoms with van der Waals surface area (Å²) in [4.78, 5) is 4.57. The quantitative estimate of drug-likeness (QED) is 0.452. The zero-order chi connectivity index (χ0) is 19.0. The van der Waals surface area contributed by atoms with Gasteiger partial charge in [-0.05, 0) is 6.07 Å². The zero-order valence-electron chi connectivity index (χ0n) is 15.2. The van der Waals surface area contributed by atoms with Gasteiger partial charge in [0.2, 0.25) is 0 Å². The number of rotatable bonds is 4. The van der Waals surface area contributed by atoms with E-state index in [1.807, 2.05) is 30.6 Å². The van der Waals surface area contributed by atoms with Crippen molar-refractivity contribution < 1.29 is 9.13 Å². The molecule has 4 aromatic rings. The molecule has 0 fully saturated rings. The SMILES string of the molecule is COc1ccc(F)cc1-c1cccc(-n2cnc3cc(C(C)[AsH2])ccc32)c1. The first-order chi connectivity index (χ1) is 13.1. The molecule has 0 aliphatic rings. The van der Waals surface area contributed by atoms with Gasteiger partial charge in [0, 0.05) is 0 Å². The van der Waals surface area contributed by atoms with Gasteiger partial charge in [0.05, 0.1) is 7.11 Å². The number of hydrogen-bond acceptors (Lipinski definition) is 2. The Balaban J connectivity index is 1.82. The third kappa shape index (κ3) is 3.38. The van der Waals surface area contributed by atoms with Crippen molar-refractivity contribution in [2.24, 2.45) is 0 Å². The molecule has 0 aliphatic heterocycles. The van der Waals surface area contributed by atoms with Gasteiger partial charge in [-0.2, -0.15) is 0 Å². The topological polar surface area (TPSA) is 27.1 Å². The van der Waals surface area contributed by atoms with Crippen LogP contribution < -0.4 is 4.74 Å². The molecule has 2 unspecified atom stereocenters. The fourth-order valence-corrected chi connectivity index (χ4v) is 3.68. The number of ether oxygens (including phenoxy) is 1. The van der Waals surface area contributed by atoms with Crippen molar-refractivity contribution in [1.82, 2.24) is 9.55 Å². The first kappa shape index (κ1) is 17.8. The minimum atomic E-state index is -0.285. The second-order valence-electron chi connectivity index (χ2n) is 6.55. The molecule has 0 saturated heterocycles. The van der Waals surface area contributed by atoms with E-state index in [1.54, 1.807) is 30.0 Å². The molecule has 3 nitrogen and oxygen atoms in total. The fourth-order valence-electron chi connectivity index (χ4n) is 3.25. The molecule has 1 aromatic heterocycles. The van der Waals surface area contributed by atoms with Gasteiger partial charge >= 0.3 is 149 Å². The number of methoxy groups -OCH3 is 1. The monoisotopic (exact) mass is 422 g/mol. The molecule has 0 radical (unpaired) electrons. The van der Waals surface area contributed by atoms with Crippen molar-refractivity contribution >= 4 is 27.9 Å². The number of nitrogens with zero attached hydrogens (tertiary/aromatic N) is 2. The predicted octanol–water partition coefficient (Wildman–Crippen LogP) is 4.53. The normalized spacial score (nSPS) is 12.3. The second-order valence-corrected chi connectivity index (χ2v) is 8.64. The molecule has 4 rings (SSSR count). The zero-order valence-corrected chi connectivity index (χ0v) is 17.6. The van der Waals surface area contributed by atoms with E-state index in [0.29, 0.717) is 10.5 Å². The van der Waals surface area contributed by atoms with Crippen LogP contribution in [0.15, 0.2) is 67.0 Å². The molecular weight excluding hydrogens is 402 g/mol. The van der Waals surface area contributed by atoms with Crippen molar-refractivity contribution in [1.29, 1.82) is 0 Å². The summed E-state index contributed by atoms with van der Waals surface area (Å²) in [7, 11) is 1.59. The Bertz CT molecular complexity index is 1120. The average molecular weight is 422 g/mol. The minimum absolute atomic E-state index is 0.285. The van der Waals surface area contributed by atoms with Gasteiger partial charge in [0.25, 0.3) is 0 Å². The van der Waals surface area contributed by atoms with Crippen molar-refractivity contribution in [3.63, 3.8) is 0 Å². The molecule has 27 heavy (non-hydrogen) atoms. The number of aromatic nitrogens is 2. The number of hydrogen-bond donors (Lipinski definition) is 0. The third-order valence-corrected chi connectivity index (χ3v) is 5.50. The molecule has 5 heteroatoms. The average Bonchev–Trinajstić information content (AvgIpc) is 3.11. The summed E-state index contributed by atoms with van der Waals surface area (Å²) in [6.07, 6.45) is 1.84. The molecule has 0 N–H and O–H groups in total. The van der Waals surface area contributed by atoms with Gasteiger partial charge < -0.3 is 0 Å². The maximum absolute atomic E-state index is 13.8. The van der Waals surface area contributed by atoms with E-state index in [1.165, 1.54) is 17.7 Å². The van der Waals surface area contributed by atoms with Crippen LogP contribution in [-0.4, -0.2) is 33.5 Å². The Morgan fingerprint density at radius 2 is 1.93 bits per heavy atom. The van der Waals surface area contributed by atoms with Gasteiger partial charge in [0.1, 0.15) is 0 Å². The first-order valence-electron chi connectivity index (χ1n) is 8.74. The van der Waals surface area contributed by atoms with E-state index < -0.39 is 0 Å². The van der Waals surface area contributed by atoms with Crippen LogP contribution in [0, 0.1) is 5.82 Å². The summed E-state index contributed by atoms with van der Waals surface area (Å²) in [5, 5.41) is 0. The van der Waals surface area contributed by atoms with Crippen LogP contribution in [0.2, 0.25) is 0 Å². The standard InChI is InChI=1S/C22H20AsFN2O/c1-14(23)15-6-8-21-20(11-15)25-13-26(21)18-5-3-4-16(10-18)19-12-17(24)7-9-22(19)27-2/h3-14H,23H2,1-2H3. The van der Waals surface area contributed by atoms with E-state index in [0.717, 1.165) is 27.8 Å². The van der Waals surface area contributed by atoms with Crippen LogP contribution in [0.25, 0.3) is 27.8 Å². The van der Waals surface area contributed by atoms with Crippen molar-refractivity contribution in [2.75, 3.05) is 7.11 Å². The van der Waals surface area contributed by atoms with Crippen LogP contribution in [0.5, 0.6) is 5.75 Å². The summed E-state index contributed by atoms with van der Waals surface area (Å²) in [5.41, 5.74) is 5.93. The van der Waals surface area contributed by atoms with Gasteiger partial charge in [0.15, 0.2) is 0 Å². The summed E-state index contributed by atoms with van der Waals surface area (Å²) < 4.78 is 21.8. The molecule has 0 aliphatic carbocycles. The van der Waals surface area contributed by atoms with Crippen molar-refractivity contribution in [3.8, 4) is 22.6 Å². The first-order valence-corrected chi connectivity index (χ1v) is 10.1. The van der Waals surface area contributed by atoms with E-state index in [9.17, 15) is 4.39 Å². The summed E-state index contributed by atoms with van der Waals surface area (Å²) in [6, 6.07) is 19.0. The molecule has 2 atom stereocenters. The number of fused-ring (bicyclic) bond motifs is 1. The van der Waals surface area contributed by atoms with Gasteiger partial charge in [-0.3, -0.25) is 0 Å². The number of halogens is 1. The van der Waals surface area contributed by atoms with E-state index in [2.05, 4.69) is 34.7 Å². The van der Waals surface area contributed by atoms with Gasteiger partial charge in [-0.15, -0.1) is 0 Å². The van der Waals surface area contributed by atoms with Crippen LogP contribution in [0.4, 0.5) is 4.39 Å². The van der Waals surface area contributed by atoms with Gasteiger partial charge in [-0.1, -0.05) is 0 Å². The molecule has 0 saturated carbocycles. The Kier molecular flexibility index (Phi) is 4.75. The molecule has 136 valence electrons. The number of imidazole rings is 1. The fraction of sp³-hybridized carbons (Fsp3) is 0.136. The van der Waals surface area contributed by atoms with Crippen LogP contribution >= 0.6 is 0 Å². The Hall–Kier alpha value is -2.58. The molecule has 1 heterocycles. The Morgan fingerprint density at radius 3 is 2.70 bits per heavy atom. The Labute approximate surface area is 166 Å². The van der Waals surface area contributed by atoms with E-state index in [-0.39, 0.29) is 5.82 Å². The van der Waals surface area contributed by atoms with E-state index >= 15 is 0 Å². The van der Waals surface area contributed by atoms with Crippen LogP contribution in [0.1, 0.15) is 17.2 Å². The van der Waals surface area contributed by atoms with Crippen LogP contribution in [-0.2, 0) is 0 Å². The molecular formula is C22H20AsFN2O. The van der Waals surface area contributed by atoms with E-state index in [4.69, 9.17) is 4.74 Å². The van der Waals surface area contributed by atoms with Crippen molar-refractivity contribution in [3.05, 3.63) is 78.4 Å². The molecule has 3 aromatic carbocycles. The number of benzene rings is 3. The molecule has 0 spiro atoms. The summed E-state index contributed by atoms with van der Waals surface area (Å²) in [5.74, 6) is 0.361. The van der Waals surface area contributed by atoms with Crippen LogP contribution in [0.3, 0.4) is 0 Å². The second kappa shape index (κ2) is 7.20.